The first-order valence-electron chi connectivity index (χ1n) is 11.0. The second kappa shape index (κ2) is 9.43. The molecule has 1 aliphatic rings. The number of nitrogens with one attached hydrogen (secondary N) is 1. The summed E-state index contributed by atoms with van der Waals surface area (Å²) in [7, 11) is 2.10. The van der Waals surface area contributed by atoms with E-state index < -0.39 is 0 Å². The third-order valence-electron chi connectivity index (χ3n) is 6.05. The van der Waals surface area contributed by atoms with Gasteiger partial charge in [0.15, 0.2) is 0 Å². The van der Waals surface area contributed by atoms with E-state index >= 15 is 0 Å². The summed E-state index contributed by atoms with van der Waals surface area (Å²) >= 11 is 0. The topological polar surface area (TPSA) is 78.3 Å². The van der Waals surface area contributed by atoms with Gasteiger partial charge in [-0.1, -0.05) is 43.1 Å². The van der Waals surface area contributed by atoms with E-state index in [1.807, 2.05) is 6.07 Å². The maximum atomic E-state index is 12.9. The molecule has 1 aromatic carbocycles. The van der Waals surface area contributed by atoms with E-state index in [-0.39, 0.29) is 17.6 Å². The monoisotopic (exact) mass is 409 g/mol. The van der Waals surface area contributed by atoms with E-state index in [4.69, 9.17) is 4.42 Å². The van der Waals surface area contributed by atoms with Crippen molar-refractivity contribution < 1.29 is 9.21 Å². The highest BCUT2D eigenvalue weighted by Crippen LogP contribution is 2.26. The molecule has 3 aromatic rings. The highest BCUT2D eigenvalue weighted by Gasteiger charge is 2.24. The molecule has 1 aliphatic heterocycles. The number of anilines is 1. The number of Topliss-reactive ketones (excluding diaryl/α,β-unsaturated/α-hetero) is 1. The number of benzene rings is 1. The molecule has 1 atom stereocenters. The van der Waals surface area contributed by atoms with Gasteiger partial charge in [-0.05, 0) is 37.4 Å². The molecule has 3 heterocycles. The number of H-pyrrole nitrogens is 1. The van der Waals surface area contributed by atoms with Crippen LogP contribution in [0.25, 0.3) is 10.9 Å². The van der Waals surface area contributed by atoms with Crippen LogP contribution in [0.4, 0.5) is 6.01 Å². The number of hydrogen-bond donors (Lipinski definition) is 1. The molecule has 1 fully saturated rings. The van der Waals surface area contributed by atoms with E-state index in [1.165, 1.54) is 10.9 Å². The van der Waals surface area contributed by atoms with Crippen LogP contribution in [0.2, 0.25) is 0 Å². The number of carbonyl (C=O) groups is 1. The van der Waals surface area contributed by atoms with Crippen LogP contribution in [-0.2, 0) is 6.42 Å². The molecule has 1 N–H and O–H groups in total. The van der Waals surface area contributed by atoms with Crippen molar-refractivity contribution >= 4 is 22.7 Å². The first-order chi connectivity index (χ1) is 14.6. The lowest BCUT2D eigenvalue weighted by atomic mass is 9.89. The lowest BCUT2D eigenvalue weighted by molar-refractivity contribution is 0.0924. The van der Waals surface area contributed by atoms with Gasteiger partial charge in [0.2, 0.25) is 5.78 Å². The van der Waals surface area contributed by atoms with Crippen LogP contribution in [0.5, 0.6) is 0 Å². The maximum absolute atomic E-state index is 12.9. The van der Waals surface area contributed by atoms with Crippen LogP contribution >= 0.6 is 0 Å². The standard InChI is InChI=1S/C23H31N5O2/c1-3-4-7-17(14-18-16-24-20-9-6-5-8-19(18)20)15-21(29)22-25-26-23(30-22)28-12-10-27(2)11-13-28/h5-6,8-9,16-17,24H,3-4,7,10-15H2,1-2H3. The maximum Gasteiger partial charge on any atom is 0.318 e. The van der Waals surface area contributed by atoms with Crippen molar-refractivity contribution in [3.8, 4) is 0 Å². The number of piperazine rings is 1. The third-order valence-corrected chi connectivity index (χ3v) is 6.05. The smallest absolute Gasteiger partial charge is 0.318 e. The van der Waals surface area contributed by atoms with Crippen molar-refractivity contribution in [2.24, 2.45) is 5.92 Å². The zero-order valence-corrected chi connectivity index (χ0v) is 17.9. The van der Waals surface area contributed by atoms with Gasteiger partial charge in [-0.15, -0.1) is 5.10 Å². The van der Waals surface area contributed by atoms with Crippen molar-refractivity contribution in [1.82, 2.24) is 20.1 Å². The highest BCUT2D eigenvalue weighted by atomic mass is 16.4. The Hall–Kier alpha value is -2.67. The zero-order chi connectivity index (χ0) is 20.9. The van der Waals surface area contributed by atoms with Gasteiger partial charge in [0, 0.05) is 49.7 Å². The summed E-state index contributed by atoms with van der Waals surface area (Å²) < 4.78 is 5.76. The molecule has 160 valence electrons. The zero-order valence-electron chi connectivity index (χ0n) is 17.9. The minimum atomic E-state index is -0.0520. The van der Waals surface area contributed by atoms with Gasteiger partial charge in [-0.3, -0.25) is 4.79 Å². The Bertz CT molecular complexity index is 971. The fourth-order valence-corrected chi connectivity index (χ4v) is 4.18. The number of unbranched alkanes of at least 4 members (excludes halogenated alkanes) is 1. The minimum absolute atomic E-state index is 0.0520. The summed E-state index contributed by atoms with van der Waals surface area (Å²) in [6.07, 6.45) is 6.62. The van der Waals surface area contributed by atoms with Crippen LogP contribution in [0.1, 0.15) is 48.9 Å². The number of aromatic amines is 1. The van der Waals surface area contributed by atoms with E-state index in [0.717, 1.165) is 57.4 Å². The second-order valence-corrected chi connectivity index (χ2v) is 8.38. The van der Waals surface area contributed by atoms with E-state index in [2.05, 4.69) is 63.3 Å². The summed E-state index contributed by atoms with van der Waals surface area (Å²) in [5.41, 5.74) is 2.41. The molecule has 1 saturated heterocycles. The van der Waals surface area contributed by atoms with Crippen molar-refractivity contribution in [3.05, 3.63) is 41.9 Å². The number of likely N-dealkylation sites (N-methyl/N-ethyl adjacent to an activating group) is 1. The molecule has 1 unspecified atom stereocenters. The quantitative estimate of drug-likeness (QED) is 0.540. The predicted molar refractivity (Wildman–Crippen MR) is 118 cm³/mol. The highest BCUT2D eigenvalue weighted by molar-refractivity contribution is 5.92. The van der Waals surface area contributed by atoms with Gasteiger partial charge >= 0.3 is 6.01 Å². The fourth-order valence-electron chi connectivity index (χ4n) is 4.18. The van der Waals surface area contributed by atoms with Gasteiger partial charge in [-0.2, -0.15) is 0 Å². The second-order valence-electron chi connectivity index (χ2n) is 8.38. The van der Waals surface area contributed by atoms with Gasteiger partial charge in [0.1, 0.15) is 0 Å². The molecule has 7 nitrogen and oxygen atoms in total. The van der Waals surface area contributed by atoms with Crippen molar-refractivity contribution in [2.75, 3.05) is 38.1 Å². The first-order valence-corrected chi connectivity index (χ1v) is 11.0. The Morgan fingerprint density at radius 2 is 2.00 bits per heavy atom. The average molecular weight is 410 g/mol. The predicted octanol–water partition coefficient (Wildman–Crippen LogP) is 3.92. The van der Waals surface area contributed by atoms with Crippen LogP contribution in [0.3, 0.4) is 0 Å². The van der Waals surface area contributed by atoms with Crippen LogP contribution in [-0.4, -0.2) is 59.1 Å². The first kappa shape index (κ1) is 20.6. The molecule has 0 saturated carbocycles. The summed E-state index contributed by atoms with van der Waals surface area (Å²) in [6, 6.07) is 8.79. The lowest BCUT2D eigenvalue weighted by Gasteiger charge is -2.30. The summed E-state index contributed by atoms with van der Waals surface area (Å²) in [5.74, 6) is 0.351. The Morgan fingerprint density at radius 3 is 2.80 bits per heavy atom. The summed E-state index contributed by atoms with van der Waals surface area (Å²) in [6.45, 7) is 5.77. The Labute approximate surface area is 177 Å². The van der Waals surface area contributed by atoms with E-state index in [1.54, 1.807) is 0 Å². The van der Waals surface area contributed by atoms with Gasteiger partial charge in [0.25, 0.3) is 5.89 Å². The van der Waals surface area contributed by atoms with E-state index in [9.17, 15) is 4.79 Å². The Balaban J connectivity index is 1.43. The molecular formula is C23H31N5O2. The molecule has 0 spiro atoms. The SMILES string of the molecule is CCCCC(CC(=O)c1nnc(N2CCN(C)CC2)o1)Cc1c[nH]c2ccccc12. The number of hydrogen-bond acceptors (Lipinski definition) is 6. The van der Waals surface area contributed by atoms with Gasteiger partial charge in [0.05, 0.1) is 0 Å². The van der Waals surface area contributed by atoms with Gasteiger partial charge in [-0.25, -0.2) is 0 Å². The average Bonchev–Trinajstić information content (AvgIpc) is 3.40. The number of carbonyl (C=O) groups excluding carboxylic acids is 1. The Kier molecular flexibility index (Phi) is 6.47. The molecular weight excluding hydrogens is 378 g/mol. The summed E-state index contributed by atoms with van der Waals surface area (Å²) in [5, 5.41) is 9.44. The largest absolute Gasteiger partial charge is 0.400 e. The number of para-hydroxylation sites is 1. The number of ketones is 1. The molecule has 4 rings (SSSR count). The van der Waals surface area contributed by atoms with Crippen molar-refractivity contribution in [1.29, 1.82) is 0 Å². The van der Waals surface area contributed by atoms with Crippen LogP contribution in [0.15, 0.2) is 34.9 Å². The molecule has 0 aliphatic carbocycles. The van der Waals surface area contributed by atoms with Crippen LogP contribution in [0, 0.1) is 5.92 Å². The number of fused-ring (bicyclic) bond motifs is 1. The molecule has 7 heteroatoms. The van der Waals surface area contributed by atoms with E-state index in [0.29, 0.717) is 12.4 Å². The third kappa shape index (κ3) is 4.73. The van der Waals surface area contributed by atoms with Crippen molar-refractivity contribution in [2.45, 2.75) is 39.0 Å². The molecule has 0 bridgehead atoms. The number of rotatable bonds is 9. The molecule has 0 radical (unpaired) electrons. The number of nitrogens with zero attached hydrogens (tertiary/aromatic N) is 4. The molecule has 30 heavy (non-hydrogen) atoms. The molecule has 0 amide bonds. The Morgan fingerprint density at radius 1 is 1.20 bits per heavy atom. The lowest BCUT2D eigenvalue weighted by Crippen LogP contribution is -2.44. The minimum Gasteiger partial charge on any atom is -0.400 e. The number of aromatic nitrogens is 3. The van der Waals surface area contributed by atoms with Crippen LogP contribution < -0.4 is 4.90 Å². The normalized spacial score (nSPS) is 16.3. The summed E-state index contributed by atoms with van der Waals surface area (Å²) in [4.78, 5) is 20.6. The fraction of sp³-hybridized carbons (Fsp3) is 0.522. The molecule has 2 aromatic heterocycles. The van der Waals surface area contributed by atoms with Crippen molar-refractivity contribution in [3.63, 3.8) is 0 Å². The van der Waals surface area contributed by atoms with Gasteiger partial charge < -0.3 is 19.2 Å².